The monoisotopic (exact) mass is 377 g/mol. The lowest BCUT2D eigenvalue weighted by atomic mass is 9.96. The highest BCUT2D eigenvalue weighted by molar-refractivity contribution is 5.89. The van der Waals surface area contributed by atoms with E-state index in [1.165, 1.54) is 6.33 Å². The van der Waals surface area contributed by atoms with E-state index >= 15 is 0 Å². The van der Waals surface area contributed by atoms with E-state index in [9.17, 15) is 4.79 Å². The summed E-state index contributed by atoms with van der Waals surface area (Å²) in [5.74, 6) is 2.77. The molecule has 1 saturated heterocycles. The molecule has 0 spiro atoms. The van der Waals surface area contributed by atoms with Crippen LogP contribution in [0.2, 0.25) is 0 Å². The summed E-state index contributed by atoms with van der Waals surface area (Å²) in [6.45, 7) is 3.43. The number of aromatic amines is 1. The zero-order valence-electron chi connectivity index (χ0n) is 15.8. The standard InChI is InChI=1S/C21H23N5O2/c1-15-3-2-4-19(13-15)28-18-7-5-17(6-8-18)24-21(27)26-11-9-16(10-12-26)20-22-14-23-25-20/h2-8,13-14,16H,9-12H2,1H3,(H,24,27)(H,22,23,25). The molecule has 0 atom stereocenters. The fourth-order valence-corrected chi connectivity index (χ4v) is 3.39. The minimum Gasteiger partial charge on any atom is -0.457 e. The van der Waals surface area contributed by atoms with Crippen molar-refractivity contribution in [1.82, 2.24) is 20.1 Å². The second kappa shape index (κ2) is 8.12. The van der Waals surface area contributed by atoms with Gasteiger partial charge in [-0.3, -0.25) is 5.10 Å². The largest absolute Gasteiger partial charge is 0.457 e. The Hall–Kier alpha value is -3.35. The molecule has 1 aliphatic heterocycles. The Morgan fingerprint density at radius 3 is 2.61 bits per heavy atom. The number of ether oxygens (including phenoxy) is 1. The fourth-order valence-electron chi connectivity index (χ4n) is 3.39. The van der Waals surface area contributed by atoms with E-state index < -0.39 is 0 Å². The number of amides is 2. The van der Waals surface area contributed by atoms with Crippen molar-refractivity contribution in [2.24, 2.45) is 0 Å². The van der Waals surface area contributed by atoms with Crippen molar-refractivity contribution in [2.45, 2.75) is 25.7 Å². The average Bonchev–Trinajstić information content (AvgIpc) is 3.24. The first-order valence-electron chi connectivity index (χ1n) is 9.43. The number of carbonyl (C=O) groups excluding carboxylic acids is 1. The summed E-state index contributed by atoms with van der Waals surface area (Å²) in [5, 5.41) is 9.79. The van der Waals surface area contributed by atoms with Gasteiger partial charge in [0.25, 0.3) is 0 Å². The number of H-pyrrole nitrogens is 1. The molecule has 2 amide bonds. The molecular formula is C21H23N5O2. The molecule has 3 aromatic rings. The molecule has 1 aliphatic rings. The van der Waals surface area contributed by atoms with Crippen LogP contribution in [0.15, 0.2) is 54.9 Å². The van der Waals surface area contributed by atoms with E-state index in [2.05, 4.69) is 20.5 Å². The van der Waals surface area contributed by atoms with Gasteiger partial charge in [-0.2, -0.15) is 5.10 Å². The number of hydrogen-bond acceptors (Lipinski definition) is 4. The molecule has 0 radical (unpaired) electrons. The van der Waals surface area contributed by atoms with Gasteiger partial charge in [0.1, 0.15) is 23.7 Å². The summed E-state index contributed by atoms with van der Waals surface area (Å²) >= 11 is 0. The number of nitrogens with one attached hydrogen (secondary N) is 2. The lowest BCUT2D eigenvalue weighted by molar-refractivity contribution is 0.193. The Labute approximate surface area is 163 Å². The number of carbonyl (C=O) groups is 1. The van der Waals surface area contributed by atoms with Crippen LogP contribution in [0.1, 0.15) is 30.1 Å². The highest BCUT2D eigenvalue weighted by Crippen LogP contribution is 2.26. The van der Waals surface area contributed by atoms with Gasteiger partial charge in [-0.25, -0.2) is 9.78 Å². The van der Waals surface area contributed by atoms with Gasteiger partial charge in [-0.15, -0.1) is 0 Å². The van der Waals surface area contributed by atoms with Crippen LogP contribution >= 0.6 is 0 Å². The Kier molecular flexibility index (Phi) is 5.23. The molecule has 1 fully saturated rings. The van der Waals surface area contributed by atoms with E-state index in [0.717, 1.165) is 41.4 Å². The first kappa shape index (κ1) is 18.0. The minimum atomic E-state index is -0.0802. The fraction of sp³-hybridized carbons (Fsp3) is 0.286. The van der Waals surface area contributed by atoms with Crippen molar-refractivity contribution >= 4 is 11.7 Å². The van der Waals surface area contributed by atoms with Crippen molar-refractivity contribution in [2.75, 3.05) is 18.4 Å². The van der Waals surface area contributed by atoms with E-state index in [0.29, 0.717) is 19.0 Å². The number of likely N-dealkylation sites (tertiary alicyclic amines) is 1. The summed E-state index contributed by atoms with van der Waals surface area (Å²) in [7, 11) is 0. The van der Waals surface area contributed by atoms with Gasteiger partial charge in [-0.05, 0) is 61.7 Å². The molecule has 1 aromatic heterocycles. The summed E-state index contributed by atoms with van der Waals surface area (Å²) in [6.07, 6.45) is 3.29. The van der Waals surface area contributed by atoms with Crippen molar-refractivity contribution in [3.05, 3.63) is 66.2 Å². The lowest BCUT2D eigenvalue weighted by Gasteiger charge is -2.31. The number of hydrogen-bond donors (Lipinski definition) is 2. The molecule has 28 heavy (non-hydrogen) atoms. The first-order valence-corrected chi connectivity index (χ1v) is 9.43. The number of aryl methyl sites for hydroxylation is 1. The zero-order chi connectivity index (χ0) is 19.3. The number of nitrogens with zero attached hydrogens (tertiary/aromatic N) is 3. The maximum Gasteiger partial charge on any atom is 0.321 e. The molecule has 2 heterocycles. The van der Waals surface area contributed by atoms with E-state index in [-0.39, 0.29) is 6.03 Å². The molecule has 7 nitrogen and oxygen atoms in total. The molecule has 2 N–H and O–H groups in total. The molecule has 144 valence electrons. The predicted octanol–water partition coefficient (Wildman–Crippen LogP) is 4.32. The highest BCUT2D eigenvalue weighted by atomic mass is 16.5. The van der Waals surface area contributed by atoms with Crippen LogP contribution in [0, 0.1) is 6.92 Å². The maximum absolute atomic E-state index is 12.5. The second-order valence-corrected chi connectivity index (χ2v) is 7.01. The zero-order valence-corrected chi connectivity index (χ0v) is 15.8. The van der Waals surface area contributed by atoms with Gasteiger partial charge in [0.05, 0.1) is 0 Å². The molecule has 0 aliphatic carbocycles. The molecule has 0 bridgehead atoms. The van der Waals surface area contributed by atoms with Crippen LogP contribution in [0.25, 0.3) is 0 Å². The summed E-state index contributed by atoms with van der Waals surface area (Å²) in [4.78, 5) is 18.6. The minimum absolute atomic E-state index is 0.0802. The number of urea groups is 1. The molecule has 0 unspecified atom stereocenters. The van der Waals surface area contributed by atoms with E-state index in [4.69, 9.17) is 4.74 Å². The Morgan fingerprint density at radius 2 is 1.93 bits per heavy atom. The Bertz CT molecular complexity index is 916. The van der Waals surface area contributed by atoms with Crippen LogP contribution in [0.4, 0.5) is 10.5 Å². The Balaban J connectivity index is 1.30. The van der Waals surface area contributed by atoms with Crippen LogP contribution in [0.3, 0.4) is 0 Å². The number of benzene rings is 2. The van der Waals surface area contributed by atoms with Gasteiger partial charge in [0.15, 0.2) is 0 Å². The van der Waals surface area contributed by atoms with Crippen LogP contribution in [-0.4, -0.2) is 39.2 Å². The van der Waals surface area contributed by atoms with E-state index in [1.54, 1.807) is 0 Å². The van der Waals surface area contributed by atoms with E-state index in [1.807, 2.05) is 60.4 Å². The molecular weight excluding hydrogens is 354 g/mol. The number of aromatic nitrogens is 3. The van der Waals surface area contributed by atoms with Gasteiger partial charge in [0, 0.05) is 24.7 Å². The third-order valence-corrected chi connectivity index (χ3v) is 4.93. The maximum atomic E-state index is 12.5. The van der Waals surface area contributed by atoms with Gasteiger partial charge in [-0.1, -0.05) is 12.1 Å². The smallest absolute Gasteiger partial charge is 0.321 e. The molecule has 7 heteroatoms. The summed E-state index contributed by atoms with van der Waals surface area (Å²) in [6, 6.07) is 15.2. The van der Waals surface area contributed by atoms with Crippen LogP contribution in [0.5, 0.6) is 11.5 Å². The number of rotatable bonds is 4. The SMILES string of the molecule is Cc1cccc(Oc2ccc(NC(=O)N3CCC(c4ncn[nH]4)CC3)cc2)c1. The van der Waals surface area contributed by atoms with Crippen molar-refractivity contribution in [3.8, 4) is 11.5 Å². The van der Waals surface area contributed by atoms with Crippen molar-refractivity contribution < 1.29 is 9.53 Å². The number of piperidine rings is 1. The molecule has 4 rings (SSSR count). The average molecular weight is 377 g/mol. The first-order chi connectivity index (χ1) is 13.7. The number of anilines is 1. The lowest BCUT2D eigenvalue weighted by Crippen LogP contribution is -2.40. The Morgan fingerprint density at radius 1 is 1.14 bits per heavy atom. The van der Waals surface area contributed by atoms with Crippen LogP contribution < -0.4 is 10.1 Å². The topological polar surface area (TPSA) is 83.1 Å². The summed E-state index contributed by atoms with van der Waals surface area (Å²) in [5.41, 5.74) is 1.90. The normalized spacial score (nSPS) is 14.7. The van der Waals surface area contributed by atoms with Crippen molar-refractivity contribution in [1.29, 1.82) is 0 Å². The van der Waals surface area contributed by atoms with Crippen LogP contribution in [-0.2, 0) is 0 Å². The second-order valence-electron chi connectivity index (χ2n) is 7.01. The van der Waals surface area contributed by atoms with Crippen molar-refractivity contribution in [3.63, 3.8) is 0 Å². The third-order valence-electron chi connectivity index (χ3n) is 4.93. The van der Waals surface area contributed by atoms with Gasteiger partial charge >= 0.3 is 6.03 Å². The summed E-state index contributed by atoms with van der Waals surface area (Å²) < 4.78 is 5.85. The van der Waals surface area contributed by atoms with Gasteiger partial charge in [0.2, 0.25) is 0 Å². The quantitative estimate of drug-likeness (QED) is 0.709. The third kappa shape index (κ3) is 4.31. The predicted molar refractivity (Wildman–Crippen MR) is 107 cm³/mol. The highest BCUT2D eigenvalue weighted by Gasteiger charge is 2.25. The van der Waals surface area contributed by atoms with Gasteiger partial charge < -0.3 is 15.0 Å². The molecule has 2 aromatic carbocycles. The molecule has 0 saturated carbocycles.